The van der Waals surface area contributed by atoms with Crippen molar-refractivity contribution in [1.82, 2.24) is 30.6 Å². The van der Waals surface area contributed by atoms with Crippen molar-refractivity contribution >= 4 is 5.91 Å². The van der Waals surface area contributed by atoms with E-state index in [0.29, 0.717) is 0 Å². The zero-order valence-electron chi connectivity index (χ0n) is 13.2. The van der Waals surface area contributed by atoms with Crippen LogP contribution in [0.3, 0.4) is 0 Å². The van der Waals surface area contributed by atoms with E-state index in [-0.39, 0.29) is 23.0 Å². The molecule has 0 aromatic carbocycles. The number of pyridine rings is 1. The van der Waals surface area contributed by atoms with Gasteiger partial charge in [0, 0.05) is 18.0 Å². The fraction of sp³-hybridized carbons (Fsp3) is 0.200. The second-order valence-corrected chi connectivity index (χ2v) is 5.19. The van der Waals surface area contributed by atoms with Crippen LogP contribution in [0.4, 0.5) is 13.2 Å². The van der Waals surface area contributed by atoms with E-state index in [4.69, 9.17) is 4.52 Å². The number of alkyl halides is 3. The average Bonchev–Trinajstić information content (AvgIpc) is 3.12. The second kappa shape index (κ2) is 6.86. The van der Waals surface area contributed by atoms with Crippen molar-refractivity contribution in [2.24, 2.45) is 0 Å². The number of carbonyl (C=O) groups excluding carboxylic acids is 1. The van der Waals surface area contributed by atoms with Crippen molar-refractivity contribution in [2.75, 3.05) is 0 Å². The zero-order chi connectivity index (χ0) is 18.7. The molecule has 11 heteroatoms. The van der Waals surface area contributed by atoms with Gasteiger partial charge in [-0.25, -0.2) is 0 Å². The molecule has 1 atom stereocenters. The number of aromatic nitrogens is 5. The van der Waals surface area contributed by atoms with E-state index in [9.17, 15) is 18.0 Å². The monoisotopic (exact) mass is 364 g/mol. The van der Waals surface area contributed by atoms with Crippen LogP contribution in [-0.4, -0.2) is 31.2 Å². The lowest BCUT2D eigenvalue weighted by Crippen LogP contribution is -2.27. The molecule has 3 aromatic heterocycles. The summed E-state index contributed by atoms with van der Waals surface area (Å²) in [6.07, 6.45) is -2.15. The molecule has 0 bridgehead atoms. The maximum absolute atomic E-state index is 12.7. The summed E-state index contributed by atoms with van der Waals surface area (Å²) in [6.45, 7) is 1.58. The smallest absolute Gasteiger partial charge is 0.339 e. The molecule has 0 fully saturated rings. The molecule has 3 heterocycles. The Bertz CT molecular complexity index is 913. The van der Waals surface area contributed by atoms with Gasteiger partial charge in [-0.2, -0.15) is 23.3 Å². The number of hydrogen-bond acceptors (Lipinski definition) is 7. The van der Waals surface area contributed by atoms with Crippen molar-refractivity contribution < 1.29 is 22.5 Å². The predicted molar refractivity (Wildman–Crippen MR) is 80.4 cm³/mol. The van der Waals surface area contributed by atoms with E-state index in [1.807, 2.05) is 0 Å². The highest BCUT2D eigenvalue weighted by molar-refractivity contribution is 5.92. The van der Waals surface area contributed by atoms with Crippen LogP contribution in [0.25, 0.3) is 11.4 Å². The van der Waals surface area contributed by atoms with Gasteiger partial charge in [0.15, 0.2) is 5.69 Å². The largest absolute Gasteiger partial charge is 0.433 e. The molecule has 0 spiro atoms. The highest BCUT2D eigenvalue weighted by Gasteiger charge is 2.33. The molecule has 0 aliphatic carbocycles. The zero-order valence-corrected chi connectivity index (χ0v) is 13.2. The lowest BCUT2D eigenvalue weighted by Gasteiger charge is -2.08. The van der Waals surface area contributed by atoms with E-state index in [1.165, 1.54) is 18.3 Å². The van der Waals surface area contributed by atoms with Gasteiger partial charge in [0.2, 0.25) is 11.7 Å². The first-order chi connectivity index (χ1) is 12.3. The van der Waals surface area contributed by atoms with Crippen LogP contribution in [0.1, 0.15) is 35.0 Å². The number of carbonyl (C=O) groups is 1. The molecule has 26 heavy (non-hydrogen) atoms. The van der Waals surface area contributed by atoms with Crippen LogP contribution in [-0.2, 0) is 6.18 Å². The summed E-state index contributed by atoms with van der Waals surface area (Å²) >= 11 is 0. The Hall–Kier alpha value is -3.37. The number of amides is 1. The third-order valence-corrected chi connectivity index (χ3v) is 3.27. The van der Waals surface area contributed by atoms with Gasteiger partial charge in [-0.1, -0.05) is 5.16 Å². The quantitative estimate of drug-likeness (QED) is 0.758. The Morgan fingerprint density at radius 3 is 2.77 bits per heavy atom. The van der Waals surface area contributed by atoms with Crippen LogP contribution in [0.5, 0.6) is 0 Å². The molecule has 1 N–H and O–H groups in total. The van der Waals surface area contributed by atoms with Gasteiger partial charge in [0.1, 0.15) is 11.7 Å². The molecule has 3 aromatic rings. The van der Waals surface area contributed by atoms with Crippen molar-refractivity contribution in [3.63, 3.8) is 0 Å². The minimum Gasteiger partial charge on any atom is -0.339 e. The molecule has 0 unspecified atom stereocenters. The van der Waals surface area contributed by atoms with Gasteiger partial charge in [-0.15, -0.1) is 5.10 Å². The SMILES string of the molecule is C[C@H](NC(=O)c1cccnn1)c1nc(-c2ccnc(C(F)(F)F)c2)no1. The molecule has 1 amide bonds. The molecular formula is C15H11F3N6O2. The Kier molecular flexibility index (Phi) is 4.61. The maximum Gasteiger partial charge on any atom is 0.433 e. The summed E-state index contributed by atoms with van der Waals surface area (Å²) in [5.41, 5.74) is -0.872. The highest BCUT2D eigenvalue weighted by Crippen LogP contribution is 2.29. The summed E-state index contributed by atoms with van der Waals surface area (Å²) in [7, 11) is 0. The Labute approximate surface area is 144 Å². The minimum atomic E-state index is -4.58. The van der Waals surface area contributed by atoms with Crippen molar-refractivity contribution in [3.8, 4) is 11.4 Å². The van der Waals surface area contributed by atoms with Gasteiger partial charge in [-0.3, -0.25) is 9.78 Å². The fourth-order valence-electron chi connectivity index (χ4n) is 2.01. The summed E-state index contributed by atoms with van der Waals surface area (Å²) in [5, 5.41) is 13.5. The molecule has 0 aliphatic rings. The molecule has 0 radical (unpaired) electrons. The summed E-state index contributed by atoms with van der Waals surface area (Å²) in [6, 6.07) is 4.49. The molecule has 3 rings (SSSR count). The highest BCUT2D eigenvalue weighted by atomic mass is 19.4. The normalized spacial score (nSPS) is 12.6. The van der Waals surface area contributed by atoms with E-state index in [1.54, 1.807) is 13.0 Å². The molecule has 134 valence electrons. The van der Waals surface area contributed by atoms with Crippen LogP contribution in [0.15, 0.2) is 41.2 Å². The van der Waals surface area contributed by atoms with E-state index < -0.39 is 23.8 Å². The fourth-order valence-corrected chi connectivity index (χ4v) is 2.01. The lowest BCUT2D eigenvalue weighted by atomic mass is 10.2. The third kappa shape index (κ3) is 3.82. The molecular weight excluding hydrogens is 353 g/mol. The van der Waals surface area contributed by atoms with Crippen molar-refractivity contribution in [2.45, 2.75) is 19.1 Å². The van der Waals surface area contributed by atoms with E-state index in [0.717, 1.165) is 12.3 Å². The topological polar surface area (TPSA) is 107 Å². The first kappa shape index (κ1) is 17.5. The first-order valence-electron chi connectivity index (χ1n) is 7.30. The van der Waals surface area contributed by atoms with Gasteiger partial charge in [0.05, 0.1) is 0 Å². The van der Waals surface area contributed by atoms with Crippen LogP contribution < -0.4 is 5.32 Å². The number of nitrogens with one attached hydrogen (secondary N) is 1. The first-order valence-corrected chi connectivity index (χ1v) is 7.30. The number of nitrogens with zero attached hydrogens (tertiary/aromatic N) is 5. The summed E-state index contributed by atoms with van der Waals surface area (Å²) in [4.78, 5) is 19.3. The summed E-state index contributed by atoms with van der Waals surface area (Å²) in [5.74, 6) is -0.523. The number of rotatable bonds is 4. The predicted octanol–water partition coefficient (Wildman–Crippen LogP) is 2.43. The van der Waals surface area contributed by atoms with E-state index in [2.05, 4.69) is 30.6 Å². The molecule has 0 saturated carbocycles. The summed E-state index contributed by atoms with van der Waals surface area (Å²) < 4.78 is 43.2. The standard InChI is InChI=1S/C15H11F3N6O2/c1-8(21-13(25)10-3-2-5-20-23-10)14-22-12(24-26-14)9-4-6-19-11(7-9)15(16,17)18/h2-8H,1H3,(H,21,25)/t8-/m0/s1. The van der Waals surface area contributed by atoms with Gasteiger partial charge >= 0.3 is 6.18 Å². The second-order valence-electron chi connectivity index (χ2n) is 5.19. The Morgan fingerprint density at radius 1 is 1.27 bits per heavy atom. The lowest BCUT2D eigenvalue weighted by molar-refractivity contribution is -0.141. The van der Waals surface area contributed by atoms with Gasteiger partial charge < -0.3 is 9.84 Å². The van der Waals surface area contributed by atoms with Gasteiger partial charge in [0.25, 0.3) is 5.91 Å². The average molecular weight is 364 g/mol. The maximum atomic E-state index is 12.7. The van der Waals surface area contributed by atoms with Crippen LogP contribution in [0.2, 0.25) is 0 Å². The van der Waals surface area contributed by atoms with E-state index >= 15 is 0 Å². The Morgan fingerprint density at radius 2 is 2.08 bits per heavy atom. The molecule has 8 nitrogen and oxygen atoms in total. The van der Waals surface area contributed by atoms with Crippen LogP contribution >= 0.6 is 0 Å². The third-order valence-electron chi connectivity index (χ3n) is 3.27. The Balaban J connectivity index is 1.76. The molecule has 0 aliphatic heterocycles. The number of halogens is 3. The van der Waals surface area contributed by atoms with Crippen LogP contribution in [0, 0.1) is 0 Å². The molecule has 0 saturated heterocycles. The van der Waals surface area contributed by atoms with Crippen molar-refractivity contribution in [1.29, 1.82) is 0 Å². The van der Waals surface area contributed by atoms with Crippen molar-refractivity contribution in [3.05, 3.63) is 53.9 Å². The van der Waals surface area contributed by atoms with Gasteiger partial charge in [-0.05, 0) is 31.2 Å². The minimum absolute atomic E-state index is 0.0302. The number of hydrogen-bond donors (Lipinski definition) is 1.